The number of ketones is 1. The van der Waals surface area contributed by atoms with Crippen LogP contribution >= 0.6 is 0 Å². The fourth-order valence-corrected chi connectivity index (χ4v) is 4.15. The molecule has 2 rings (SSSR count). The summed E-state index contributed by atoms with van der Waals surface area (Å²) in [6.45, 7) is 13.8. The van der Waals surface area contributed by atoms with Crippen LogP contribution < -0.4 is 0 Å². The van der Waals surface area contributed by atoms with E-state index in [0.29, 0.717) is 24.8 Å². The SMILES string of the molecule is C=C(C)C1CC2=C(C)C(=O)C(O)C2C(C)CC1OC(=O)CC(C)C. The van der Waals surface area contributed by atoms with E-state index < -0.39 is 6.10 Å². The Balaban J connectivity index is 2.29. The zero-order valence-electron chi connectivity index (χ0n) is 15.5. The van der Waals surface area contributed by atoms with Gasteiger partial charge in [0.05, 0.1) is 0 Å². The van der Waals surface area contributed by atoms with Gasteiger partial charge >= 0.3 is 5.97 Å². The van der Waals surface area contributed by atoms with E-state index >= 15 is 0 Å². The number of hydrogen-bond acceptors (Lipinski definition) is 4. The molecule has 0 aromatic rings. The van der Waals surface area contributed by atoms with Gasteiger partial charge in [-0.3, -0.25) is 9.59 Å². The topological polar surface area (TPSA) is 63.6 Å². The number of fused-ring (bicyclic) bond motifs is 1. The molecule has 0 bridgehead atoms. The second-order valence-corrected chi connectivity index (χ2v) is 7.98. The van der Waals surface area contributed by atoms with Crippen LogP contribution in [0.1, 0.15) is 53.9 Å². The molecule has 0 aromatic heterocycles. The van der Waals surface area contributed by atoms with E-state index in [2.05, 4.69) is 6.58 Å². The van der Waals surface area contributed by atoms with Crippen molar-refractivity contribution in [2.45, 2.75) is 66.1 Å². The summed E-state index contributed by atoms with van der Waals surface area (Å²) >= 11 is 0. The zero-order valence-corrected chi connectivity index (χ0v) is 15.5. The van der Waals surface area contributed by atoms with Crippen molar-refractivity contribution in [1.82, 2.24) is 0 Å². The van der Waals surface area contributed by atoms with Gasteiger partial charge in [0.15, 0.2) is 5.78 Å². The minimum absolute atomic E-state index is 0.00314. The highest BCUT2D eigenvalue weighted by Crippen LogP contribution is 2.46. The maximum absolute atomic E-state index is 12.2. The number of rotatable bonds is 4. The summed E-state index contributed by atoms with van der Waals surface area (Å²) in [4.78, 5) is 24.3. The molecule has 1 fully saturated rings. The molecule has 0 amide bonds. The molecule has 4 nitrogen and oxygen atoms in total. The fourth-order valence-electron chi connectivity index (χ4n) is 4.15. The van der Waals surface area contributed by atoms with Gasteiger partial charge < -0.3 is 9.84 Å². The van der Waals surface area contributed by atoms with Crippen molar-refractivity contribution < 1.29 is 19.4 Å². The Labute approximate surface area is 145 Å². The van der Waals surface area contributed by atoms with Gasteiger partial charge in [-0.25, -0.2) is 0 Å². The average molecular weight is 334 g/mol. The van der Waals surface area contributed by atoms with Crippen molar-refractivity contribution in [1.29, 1.82) is 0 Å². The molecule has 24 heavy (non-hydrogen) atoms. The smallest absolute Gasteiger partial charge is 0.306 e. The monoisotopic (exact) mass is 334 g/mol. The van der Waals surface area contributed by atoms with Crippen LogP contribution in [0.15, 0.2) is 23.3 Å². The average Bonchev–Trinajstić information content (AvgIpc) is 2.59. The van der Waals surface area contributed by atoms with Gasteiger partial charge in [-0.1, -0.05) is 38.5 Å². The highest BCUT2D eigenvalue weighted by atomic mass is 16.5. The minimum atomic E-state index is -0.953. The number of hydrogen-bond donors (Lipinski definition) is 1. The molecule has 4 heteroatoms. The van der Waals surface area contributed by atoms with Gasteiger partial charge in [0.25, 0.3) is 0 Å². The summed E-state index contributed by atoms with van der Waals surface area (Å²) in [5.74, 6) is -0.157. The normalized spacial score (nSPS) is 33.5. The van der Waals surface area contributed by atoms with Gasteiger partial charge in [-0.05, 0) is 44.1 Å². The summed E-state index contributed by atoms with van der Waals surface area (Å²) < 4.78 is 5.80. The fraction of sp³-hybridized carbons (Fsp3) is 0.700. The Bertz CT molecular complexity index is 572. The van der Waals surface area contributed by atoms with Crippen LogP contribution in [0, 0.1) is 23.7 Å². The van der Waals surface area contributed by atoms with Crippen molar-refractivity contribution >= 4 is 11.8 Å². The van der Waals surface area contributed by atoms with Crippen LogP contribution in [-0.4, -0.2) is 29.1 Å². The molecule has 0 heterocycles. The van der Waals surface area contributed by atoms with Gasteiger partial charge in [0.2, 0.25) is 0 Å². The molecule has 2 aliphatic rings. The van der Waals surface area contributed by atoms with Crippen LogP contribution in [0.2, 0.25) is 0 Å². The molecule has 5 atom stereocenters. The maximum atomic E-state index is 12.2. The first-order valence-electron chi connectivity index (χ1n) is 8.90. The van der Waals surface area contributed by atoms with Crippen molar-refractivity contribution in [3.8, 4) is 0 Å². The molecule has 0 spiro atoms. The number of Topliss-reactive ketones (excluding diaryl/α,β-unsaturated/α-hetero) is 1. The van der Waals surface area contributed by atoms with Gasteiger partial charge in [0.1, 0.15) is 12.2 Å². The Hall–Kier alpha value is -1.42. The lowest BCUT2D eigenvalue weighted by molar-refractivity contribution is -0.153. The van der Waals surface area contributed by atoms with Crippen LogP contribution in [0.4, 0.5) is 0 Å². The third-order valence-corrected chi connectivity index (χ3v) is 5.46. The lowest BCUT2D eigenvalue weighted by Gasteiger charge is -2.27. The number of esters is 1. The summed E-state index contributed by atoms with van der Waals surface area (Å²) in [6, 6.07) is 0. The van der Waals surface area contributed by atoms with E-state index in [1.807, 2.05) is 27.7 Å². The molecule has 0 aromatic carbocycles. The second-order valence-electron chi connectivity index (χ2n) is 7.98. The third kappa shape index (κ3) is 3.64. The summed E-state index contributed by atoms with van der Waals surface area (Å²) in [5.41, 5.74) is 2.66. The predicted octanol–water partition coefficient (Wildman–Crippen LogP) is 3.44. The van der Waals surface area contributed by atoms with E-state index in [1.165, 1.54) is 0 Å². The minimum Gasteiger partial charge on any atom is -0.462 e. The Morgan fingerprint density at radius 3 is 2.58 bits per heavy atom. The Morgan fingerprint density at radius 1 is 1.42 bits per heavy atom. The third-order valence-electron chi connectivity index (χ3n) is 5.46. The van der Waals surface area contributed by atoms with Crippen molar-refractivity contribution in [3.05, 3.63) is 23.3 Å². The molecule has 0 aliphatic heterocycles. The van der Waals surface area contributed by atoms with Crippen LogP contribution in [0.5, 0.6) is 0 Å². The quantitative estimate of drug-likeness (QED) is 0.632. The molecule has 1 saturated carbocycles. The summed E-state index contributed by atoms with van der Waals surface area (Å²) in [6.07, 6.45) is 0.494. The first kappa shape index (κ1) is 18.9. The molecule has 0 radical (unpaired) electrons. The van der Waals surface area contributed by atoms with Crippen molar-refractivity contribution in [3.63, 3.8) is 0 Å². The molecule has 5 unspecified atom stereocenters. The zero-order chi connectivity index (χ0) is 18.2. The van der Waals surface area contributed by atoms with Crippen LogP contribution in [0.3, 0.4) is 0 Å². The number of aliphatic hydroxyl groups excluding tert-OH is 1. The van der Waals surface area contributed by atoms with E-state index in [0.717, 1.165) is 11.1 Å². The second kappa shape index (κ2) is 7.22. The van der Waals surface area contributed by atoms with Crippen molar-refractivity contribution in [2.75, 3.05) is 0 Å². The largest absolute Gasteiger partial charge is 0.462 e. The molecular formula is C20H30O4. The number of carbonyl (C=O) groups is 2. The number of ether oxygens (including phenoxy) is 1. The number of carbonyl (C=O) groups excluding carboxylic acids is 2. The molecular weight excluding hydrogens is 304 g/mol. The van der Waals surface area contributed by atoms with Gasteiger partial charge in [0, 0.05) is 18.3 Å². The maximum Gasteiger partial charge on any atom is 0.306 e. The highest BCUT2D eigenvalue weighted by molar-refractivity contribution is 6.02. The molecule has 2 aliphatic carbocycles. The number of aliphatic hydroxyl groups is 1. The summed E-state index contributed by atoms with van der Waals surface area (Å²) in [5, 5.41) is 10.3. The molecule has 0 saturated heterocycles. The van der Waals surface area contributed by atoms with E-state index in [1.54, 1.807) is 6.92 Å². The first-order chi connectivity index (χ1) is 11.1. The van der Waals surface area contributed by atoms with Gasteiger partial charge in [-0.15, -0.1) is 0 Å². The Morgan fingerprint density at radius 2 is 2.04 bits per heavy atom. The van der Waals surface area contributed by atoms with Crippen LogP contribution in [-0.2, 0) is 14.3 Å². The lowest BCUT2D eigenvalue weighted by Crippen LogP contribution is -2.31. The van der Waals surface area contributed by atoms with E-state index in [-0.39, 0.29) is 41.5 Å². The molecule has 1 N–H and O–H groups in total. The van der Waals surface area contributed by atoms with E-state index in [9.17, 15) is 14.7 Å². The predicted molar refractivity (Wildman–Crippen MR) is 93.2 cm³/mol. The Kier molecular flexibility index (Phi) is 5.69. The molecule has 134 valence electrons. The van der Waals surface area contributed by atoms with Crippen molar-refractivity contribution in [2.24, 2.45) is 23.7 Å². The van der Waals surface area contributed by atoms with E-state index in [4.69, 9.17) is 4.74 Å². The standard InChI is InChI=1S/C20H30O4/c1-10(2)7-17(21)24-16-8-12(5)18-15(9-14(16)11(3)4)13(6)19(22)20(18)23/h10,12,14,16,18,20,23H,3,7-9H2,1-2,4-6H3. The van der Waals surface area contributed by atoms with Gasteiger partial charge in [-0.2, -0.15) is 0 Å². The summed E-state index contributed by atoms with van der Waals surface area (Å²) in [7, 11) is 0. The first-order valence-corrected chi connectivity index (χ1v) is 8.90. The highest BCUT2D eigenvalue weighted by Gasteiger charge is 2.46. The van der Waals surface area contributed by atoms with Crippen LogP contribution in [0.25, 0.3) is 0 Å². The lowest BCUT2D eigenvalue weighted by atomic mass is 9.85.